The topological polar surface area (TPSA) is 96.7 Å². The number of carbonyl (C=O) groups excluding carboxylic acids is 1. The molecular formula is C13H18FN5O. The highest BCUT2D eigenvalue weighted by Gasteiger charge is 2.23. The number of guanidine groups is 1. The summed E-state index contributed by atoms with van der Waals surface area (Å²) in [4.78, 5) is 16.7. The molecule has 20 heavy (non-hydrogen) atoms. The average Bonchev–Trinajstić information content (AvgIpc) is 2.78. The van der Waals surface area contributed by atoms with Crippen LogP contribution in [0, 0.1) is 5.82 Å². The van der Waals surface area contributed by atoms with Crippen LogP contribution in [0.2, 0.25) is 0 Å². The monoisotopic (exact) mass is 279 g/mol. The third kappa shape index (κ3) is 3.37. The van der Waals surface area contributed by atoms with Gasteiger partial charge in [0.1, 0.15) is 5.69 Å². The van der Waals surface area contributed by atoms with E-state index in [2.05, 4.69) is 10.3 Å². The van der Waals surface area contributed by atoms with Crippen molar-refractivity contribution >= 4 is 23.2 Å². The van der Waals surface area contributed by atoms with Crippen molar-refractivity contribution in [1.29, 1.82) is 0 Å². The second kappa shape index (κ2) is 5.77. The van der Waals surface area contributed by atoms with Crippen LogP contribution in [0.5, 0.6) is 0 Å². The van der Waals surface area contributed by atoms with Crippen molar-refractivity contribution in [3.05, 3.63) is 24.0 Å². The van der Waals surface area contributed by atoms with E-state index in [0.29, 0.717) is 6.54 Å². The molecule has 1 aliphatic rings. The largest absolute Gasteiger partial charge is 0.370 e. The molecule has 1 atom stereocenters. The molecule has 0 bridgehead atoms. The quantitative estimate of drug-likeness (QED) is 0.552. The second-order valence-electron chi connectivity index (χ2n) is 4.80. The molecule has 0 spiro atoms. The van der Waals surface area contributed by atoms with Crippen molar-refractivity contribution < 1.29 is 9.18 Å². The summed E-state index contributed by atoms with van der Waals surface area (Å²) in [6.07, 6.45) is 0.844. The predicted molar refractivity (Wildman–Crippen MR) is 76.3 cm³/mol. The molecular weight excluding hydrogens is 261 g/mol. The maximum Gasteiger partial charge on any atom is 0.217 e. The van der Waals surface area contributed by atoms with Gasteiger partial charge >= 0.3 is 0 Å². The minimum atomic E-state index is -0.473. The maximum atomic E-state index is 13.9. The van der Waals surface area contributed by atoms with Gasteiger partial charge in [0, 0.05) is 31.7 Å². The lowest BCUT2D eigenvalue weighted by Crippen LogP contribution is -2.35. The number of benzene rings is 1. The number of nitrogens with zero attached hydrogens (tertiary/aromatic N) is 2. The molecule has 0 unspecified atom stereocenters. The molecule has 108 valence electrons. The van der Waals surface area contributed by atoms with E-state index >= 15 is 0 Å². The summed E-state index contributed by atoms with van der Waals surface area (Å²) in [7, 11) is 0. The Morgan fingerprint density at radius 3 is 2.85 bits per heavy atom. The van der Waals surface area contributed by atoms with Crippen molar-refractivity contribution in [2.75, 3.05) is 18.0 Å². The Bertz CT molecular complexity index is 542. The van der Waals surface area contributed by atoms with E-state index in [9.17, 15) is 9.18 Å². The first-order chi connectivity index (χ1) is 9.45. The number of halogens is 1. The van der Waals surface area contributed by atoms with Crippen LogP contribution in [0.25, 0.3) is 0 Å². The van der Waals surface area contributed by atoms with Crippen LogP contribution in [0.1, 0.15) is 13.3 Å². The highest BCUT2D eigenvalue weighted by molar-refractivity contribution is 5.79. The summed E-state index contributed by atoms with van der Waals surface area (Å²) in [5, 5.41) is 2.86. The molecule has 1 aliphatic heterocycles. The average molecular weight is 279 g/mol. The molecule has 1 aromatic carbocycles. The zero-order chi connectivity index (χ0) is 14.7. The summed E-state index contributed by atoms with van der Waals surface area (Å²) in [5.74, 6) is -0.700. The van der Waals surface area contributed by atoms with Gasteiger partial charge in [-0.25, -0.2) is 9.38 Å². The van der Waals surface area contributed by atoms with Gasteiger partial charge in [0.05, 0.1) is 0 Å². The van der Waals surface area contributed by atoms with E-state index in [1.165, 1.54) is 19.1 Å². The maximum absolute atomic E-state index is 13.9. The van der Waals surface area contributed by atoms with E-state index in [1.807, 2.05) is 4.90 Å². The van der Waals surface area contributed by atoms with Crippen molar-refractivity contribution in [1.82, 2.24) is 5.32 Å². The smallest absolute Gasteiger partial charge is 0.217 e. The van der Waals surface area contributed by atoms with Gasteiger partial charge in [0.25, 0.3) is 0 Å². The summed E-state index contributed by atoms with van der Waals surface area (Å²) in [5.41, 5.74) is 11.3. The molecule has 1 heterocycles. The summed E-state index contributed by atoms with van der Waals surface area (Å²) in [6, 6.07) is 4.81. The second-order valence-corrected chi connectivity index (χ2v) is 4.80. The minimum absolute atomic E-state index is 0.0499. The first-order valence-corrected chi connectivity index (χ1v) is 6.37. The minimum Gasteiger partial charge on any atom is -0.370 e. The Balaban J connectivity index is 2.09. The normalized spacial score (nSPS) is 17.9. The van der Waals surface area contributed by atoms with E-state index in [-0.39, 0.29) is 23.6 Å². The van der Waals surface area contributed by atoms with E-state index < -0.39 is 5.82 Å². The fourth-order valence-electron chi connectivity index (χ4n) is 2.32. The Labute approximate surface area is 116 Å². The van der Waals surface area contributed by atoms with Crippen molar-refractivity contribution in [2.24, 2.45) is 16.5 Å². The SMILES string of the molecule is CC(=O)N[C@@H]1CCN(c2ccc(N=C(N)N)c(F)c2)C1. The van der Waals surface area contributed by atoms with Gasteiger partial charge < -0.3 is 21.7 Å². The molecule has 0 aromatic heterocycles. The number of hydrogen-bond donors (Lipinski definition) is 3. The lowest BCUT2D eigenvalue weighted by Gasteiger charge is -2.19. The van der Waals surface area contributed by atoms with Crippen LogP contribution in [-0.2, 0) is 4.79 Å². The summed E-state index contributed by atoms with van der Waals surface area (Å²) in [6.45, 7) is 2.93. The fraction of sp³-hybridized carbons (Fsp3) is 0.385. The molecule has 5 N–H and O–H groups in total. The lowest BCUT2D eigenvalue weighted by molar-refractivity contribution is -0.119. The van der Waals surface area contributed by atoms with Gasteiger partial charge in [-0.2, -0.15) is 0 Å². The number of amides is 1. The van der Waals surface area contributed by atoms with E-state index in [1.54, 1.807) is 6.07 Å². The molecule has 0 saturated carbocycles. The van der Waals surface area contributed by atoms with Crippen LogP contribution in [-0.4, -0.2) is 31.0 Å². The van der Waals surface area contributed by atoms with Gasteiger partial charge in [0.15, 0.2) is 11.8 Å². The lowest BCUT2D eigenvalue weighted by atomic mass is 10.2. The van der Waals surface area contributed by atoms with Crippen LogP contribution in [0.15, 0.2) is 23.2 Å². The molecule has 1 fully saturated rings. The number of nitrogens with two attached hydrogens (primary N) is 2. The molecule has 0 aliphatic carbocycles. The number of aliphatic imine (C=N–C) groups is 1. The van der Waals surface area contributed by atoms with Gasteiger partial charge in [-0.05, 0) is 24.6 Å². The molecule has 6 nitrogen and oxygen atoms in total. The highest BCUT2D eigenvalue weighted by atomic mass is 19.1. The number of nitrogens with one attached hydrogen (secondary N) is 1. The van der Waals surface area contributed by atoms with Crippen LogP contribution in [0.3, 0.4) is 0 Å². The molecule has 2 rings (SSSR count). The molecule has 7 heteroatoms. The third-order valence-corrected chi connectivity index (χ3v) is 3.14. The third-order valence-electron chi connectivity index (χ3n) is 3.14. The van der Waals surface area contributed by atoms with Gasteiger partial charge in [-0.1, -0.05) is 0 Å². The molecule has 0 radical (unpaired) electrons. The first kappa shape index (κ1) is 14.1. The van der Waals surface area contributed by atoms with Crippen LogP contribution < -0.4 is 21.7 Å². The standard InChI is InChI=1S/C13H18FN5O/c1-8(20)17-9-4-5-19(7-9)10-2-3-12(11(14)6-10)18-13(15)16/h2-3,6,9H,4-5,7H2,1H3,(H,17,20)(H4,15,16,18)/t9-/m1/s1. The zero-order valence-electron chi connectivity index (χ0n) is 11.3. The molecule has 1 saturated heterocycles. The number of hydrogen-bond acceptors (Lipinski definition) is 3. The van der Waals surface area contributed by atoms with Crippen molar-refractivity contribution in [2.45, 2.75) is 19.4 Å². The first-order valence-electron chi connectivity index (χ1n) is 6.37. The van der Waals surface area contributed by atoms with Crippen molar-refractivity contribution in [3.8, 4) is 0 Å². The Morgan fingerprint density at radius 1 is 1.50 bits per heavy atom. The Morgan fingerprint density at radius 2 is 2.25 bits per heavy atom. The Hall–Kier alpha value is -2.31. The number of anilines is 1. The number of carbonyl (C=O) groups is 1. The fourth-order valence-corrected chi connectivity index (χ4v) is 2.32. The van der Waals surface area contributed by atoms with Crippen LogP contribution in [0.4, 0.5) is 15.8 Å². The predicted octanol–water partition coefficient (Wildman–Crippen LogP) is 0.445. The van der Waals surface area contributed by atoms with E-state index in [4.69, 9.17) is 11.5 Å². The highest BCUT2D eigenvalue weighted by Crippen LogP contribution is 2.26. The summed E-state index contributed by atoms with van der Waals surface area (Å²) >= 11 is 0. The molecule has 1 aromatic rings. The summed E-state index contributed by atoms with van der Waals surface area (Å²) < 4.78 is 13.9. The Kier molecular flexibility index (Phi) is 4.07. The molecule has 1 amide bonds. The van der Waals surface area contributed by atoms with E-state index in [0.717, 1.165) is 18.7 Å². The zero-order valence-corrected chi connectivity index (χ0v) is 11.3. The van der Waals surface area contributed by atoms with Gasteiger partial charge in [-0.15, -0.1) is 0 Å². The number of rotatable bonds is 3. The van der Waals surface area contributed by atoms with Crippen molar-refractivity contribution in [3.63, 3.8) is 0 Å². The van der Waals surface area contributed by atoms with Crippen LogP contribution >= 0.6 is 0 Å². The van der Waals surface area contributed by atoms with Gasteiger partial charge in [0.2, 0.25) is 5.91 Å². The van der Waals surface area contributed by atoms with Gasteiger partial charge in [-0.3, -0.25) is 4.79 Å².